The second kappa shape index (κ2) is 7.83. The Labute approximate surface area is 157 Å². The van der Waals surface area contributed by atoms with Crippen LogP contribution in [0.3, 0.4) is 0 Å². The number of nitrogens with one attached hydrogen (secondary N) is 1. The fourth-order valence-corrected chi connectivity index (χ4v) is 3.05. The van der Waals surface area contributed by atoms with E-state index in [9.17, 15) is 14.9 Å². The molecule has 0 heterocycles. The number of carbonyl (C=O) groups is 1. The molecule has 27 heavy (non-hydrogen) atoms. The molecule has 0 bridgehead atoms. The van der Waals surface area contributed by atoms with Gasteiger partial charge >= 0.3 is 0 Å². The van der Waals surface area contributed by atoms with Gasteiger partial charge in [0.15, 0.2) is 0 Å². The van der Waals surface area contributed by atoms with Crippen LogP contribution >= 0.6 is 0 Å². The van der Waals surface area contributed by atoms with Crippen LogP contribution in [0.5, 0.6) is 0 Å². The van der Waals surface area contributed by atoms with E-state index in [1.54, 1.807) is 19.1 Å². The van der Waals surface area contributed by atoms with Crippen molar-refractivity contribution in [2.45, 2.75) is 19.9 Å². The van der Waals surface area contributed by atoms with Gasteiger partial charge < -0.3 is 5.32 Å². The number of amides is 1. The summed E-state index contributed by atoms with van der Waals surface area (Å²) in [6, 6.07) is 22.3. The van der Waals surface area contributed by atoms with Gasteiger partial charge in [0.05, 0.1) is 11.0 Å². The van der Waals surface area contributed by atoms with E-state index in [0.717, 1.165) is 16.7 Å². The molecule has 1 amide bonds. The van der Waals surface area contributed by atoms with E-state index in [2.05, 4.69) is 5.32 Å². The van der Waals surface area contributed by atoms with E-state index in [1.165, 1.54) is 6.07 Å². The molecule has 3 aromatic carbocycles. The highest BCUT2D eigenvalue weighted by atomic mass is 16.6. The van der Waals surface area contributed by atoms with Gasteiger partial charge in [0.1, 0.15) is 5.56 Å². The zero-order valence-electron chi connectivity index (χ0n) is 15.2. The van der Waals surface area contributed by atoms with Gasteiger partial charge in [-0.05, 0) is 36.1 Å². The Morgan fingerprint density at radius 2 is 1.56 bits per heavy atom. The lowest BCUT2D eigenvalue weighted by atomic mass is 10.0. The molecule has 0 spiro atoms. The minimum Gasteiger partial charge on any atom is -0.345 e. The molecule has 0 radical (unpaired) electrons. The molecule has 0 saturated carbocycles. The summed E-state index contributed by atoms with van der Waals surface area (Å²) in [6.07, 6.45) is 0. The average molecular weight is 360 g/mol. The number of aryl methyl sites for hydroxylation is 1. The number of hydrogen-bond acceptors (Lipinski definition) is 3. The molecule has 0 aliphatic heterocycles. The lowest BCUT2D eigenvalue weighted by molar-refractivity contribution is -0.385. The topological polar surface area (TPSA) is 72.2 Å². The van der Waals surface area contributed by atoms with Crippen LogP contribution in [0.2, 0.25) is 0 Å². The number of benzene rings is 3. The second-order valence-corrected chi connectivity index (χ2v) is 6.41. The number of hydrogen-bond donors (Lipinski definition) is 1. The summed E-state index contributed by atoms with van der Waals surface area (Å²) >= 11 is 0. The molecular formula is C22H20N2O3. The quantitative estimate of drug-likeness (QED) is 0.510. The van der Waals surface area contributed by atoms with Gasteiger partial charge in [-0.25, -0.2) is 0 Å². The Balaban J connectivity index is 1.79. The molecule has 0 fully saturated rings. The summed E-state index contributed by atoms with van der Waals surface area (Å²) < 4.78 is 0. The third-order valence-electron chi connectivity index (χ3n) is 4.54. The summed E-state index contributed by atoms with van der Waals surface area (Å²) in [4.78, 5) is 23.4. The average Bonchev–Trinajstić information content (AvgIpc) is 2.68. The molecule has 1 atom stereocenters. The molecule has 0 aliphatic carbocycles. The van der Waals surface area contributed by atoms with Gasteiger partial charge in [0.2, 0.25) is 0 Å². The first kappa shape index (κ1) is 18.3. The van der Waals surface area contributed by atoms with Gasteiger partial charge in [-0.3, -0.25) is 14.9 Å². The summed E-state index contributed by atoms with van der Waals surface area (Å²) in [5.41, 5.74) is 3.64. The van der Waals surface area contributed by atoms with Crippen LogP contribution in [0.25, 0.3) is 11.1 Å². The van der Waals surface area contributed by atoms with Gasteiger partial charge in [-0.2, -0.15) is 0 Å². The lowest BCUT2D eigenvalue weighted by Crippen LogP contribution is -2.28. The predicted octanol–water partition coefficient (Wildman–Crippen LogP) is 5.06. The number of carbonyl (C=O) groups excluding carboxylic acids is 1. The molecule has 5 heteroatoms. The molecule has 0 aliphatic rings. The Morgan fingerprint density at radius 1 is 0.926 bits per heavy atom. The highest BCUT2D eigenvalue weighted by Gasteiger charge is 2.23. The van der Waals surface area contributed by atoms with Crippen LogP contribution in [0.1, 0.15) is 34.5 Å². The van der Waals surface area contributed by atoms with Crippen molar-refractivity contribution in [3.63, 3.8) is 0 Å². The standard InChI is InChI=1S/C22H20N2O3/c1-15-7-6-10-20(24(26)27)21(15)22(25)23-16(2)17-11-13-19(14-12-17)18-8-4-3-5-9-18/h3-14,16H,1-2H3,(H,23,25). The SMILES string of the molecule is Cc1cccc([N+](=O)[O-])c1C(=O)NC(C)c1ccc(-c2ccccc2)cc1. The summed E-state index contributed by atoms with van der Waals surface area (Å²) in [5, 5.41) is 14.1. The van der Waals surface area contributed by atoms with E-state index in [1.807, 2.05) is 61.5 Å². The van der Waals surface area contributed by atoms with Crippen LogP contribution in [-0.2, 0) is 0 Å². The third-order valence-corrected chi connectivity index (χ3v) is 4.54. The fourth-order valence-electron chi connectivity index (χ4n) is 3.05. The van der Waals surface area contributed by atoms with E-state index < -0.39 is 10.8 Å². The summed E-state index contributed by atoms with van der Waals surface area (Å²) in [5.74, 6) is -0.445. The van der Waals surface area contributed by atoms with E-state index in [-0.39, 0.29) is 17.3 Å². The number of nitrogens with zero attached hydrogens (tertiary/aromatic N) is 1. The molecule has 5 nitrogen and oxygen atoms in total. The lowest BCUT2D eigenvalue weighted by Gasteiger charge is -2.16. The summed E-state index contributed by atoms with van der Waals surface area (Å²) in [6.45, 7) is 3.56. The fraction of sp³-hybridized carbons (Fsp3) is 0.136. The van der Waals surface area contributed by atoms with E-state index in [0.29, 0.717) is 5.56 Å². The molecule has 1 N–H and O–H groups in total. The Morgan fingerprint density at radius 3 is 2.19 bits per heavy atom. The molecule has 136 valence electrons. The molecular weight excluding hydrogens is 340 g/mol. The van der Waals surface area contributed by atoms with Crippen molar-refractivity contribution in [1.82, 2.24) is 5.32 Å². The molecule has 1 unspecified atom stereocenters. The minimum absolute atomic E-state index is 0.107. The molecule has 0 saturated heterocycles. The normalized spacial score (nSPS) is 11.6. The van der Waals surface area contributed by atoms with Crippen molar-refractivity contribution in [3.8, 4) is 11.1 Å². The first-order chi connectivity index (χ1) is 13.0. The van der Waals surface area contributed by atoms with Gasteiger partial charge in [0, 0.05) is 6.07 Å². The first-order valence-corrected chi connectivity index (χ1v) is 8.67. The summed E-state index contributed by atoms with van der Waals surface area (Å²) in [7, 11) is 0. The van der Waals surface area contributed by atoms with Crippen molar-refractivity contribution in [1.29, 1.82) is 0 Å². The maximum absolute atomic E-state index is 12.6. The van der Waals surface area contributed by atoms with Gasteiger partial charge in [-0.1, -0.05) is 66.7 Å². The first-order valence-electron chi connectivity index (χ1n) is 8.67. The van der Waals surface area contributed by atoms with Crippen molar-refractivity contribution < 1.29 is 9.72 Å². The maximum atomic E-state index is 12.6. The zero-order chi connectivity index (χ0) is 19.4. The molecule has 3 rings (SSSR count). The largest absolute Gasteiger partial charge is 0.345 e. The maximum Gasteiger partial charge on any atom is 0.282 e. The van der Waals surface area contributed by atoms with Crippen LogP contribution < -0.4 is 5.32 Å². The Hall–Kier alpha value is -3.47. The molecule has 3 aromatic rings. The molecule has 0 aromatic heterocycles. The number of nitro benzene ring substituents is 1. The highest BCUT2D eigenvalue weighted by molar-refractivity contribution is 5.99. The predicted molar refractivity (Wildman–Crippen MR) is 106 cm³/mol. The third kappa shape index (κ3) is 4.03. The van der Waals surface area contributed by atoms with E-state index >= 15 is 0 Å². The number of rotatable bonds is 5. The smallest absolute Gasteiger partial charge is 0.282 e. The zero-order valence-corrected chi connectivity index (χ0v) is 15.2. The van der Waals surface area contributed by atoms with E-state index in [4.69, 9.17) is 0 Å². The second-order valence-electron chi connectivity index (χ2n) is 6.41. The number of nitro groups is 1. The Bertz CT molecular complexity index is 967. The highest BCUT2D eigenvalue weighted by Crippen LogP contribution is 2.24. The van der Waals surface area contributed by atoms with Crippen molar-refractivity contribution in [3.05, 3.63) is 99.6 Å². The monoisotopic (exact) mass is 360 g/mol. The van der Waals surface area contributed by atoms with Crippen molar-refractivity contribution >= 4 is 11.6 Å². The van der Waals surface area contributed by atoms with Crippen LogP contribution in [0.4, 0.5) is 5.69 Å². The van der Waals surface area contributed by atoms with Crippen LogP contribution in [0, 0.1) is 17.0 Å². The van der Waals surface area contributed by atoms with Crippen LogP contribution in [0.15, 0.2) is 72.8 Å². The Kier molecular flexibility index (Phi) is 5.31. The van der Waals surface area contributed by atoms with Gasteiger partial charge in [-0.15, -0.1) is 0 Å². The van der Waals surface area contributed by atoms with Crippen molar-refractivity contribution in [2.24, 2.45) is 0 Å². The van der Waals surface area contributed by atoms with Crippen LogP contribution in [-0.4, -0.2) is 10.8 Å². The van der Waals surface area contributed by atoms with Crippen molar-refractivity contribution in [2.75, 3.05) is 0 Å². The van der Waals surface area contributed by atoms with Gasteiger partial charge in [0.25, 0.3) is 11.6 Å². The minimum atomic E-state index is -0.527.